The molecule has 0 aliphatic heterocycles. The number of aromatic amines is 1. The van der Waals surface area contributed by atoms with Crippen LogP contribution in [0.2, 0.25) is 0 Å². The molecular weight excluding hydrogens is 246 g/mol. The molecule has 0 spiro atoms. The summed E-state index contributed by atoms with van der Waals surface area (Å²) in [5.74, 6) is 0. The van der Waals surface area contributed by atoms with Crippen LogP contribution in [0.25, 0.3) is 11.0 Å². The molecule has 0 bridgehead atoms. The molecule has 1 aliphatic rings. The molecule has 3 heteroatoms. The van der Waals surface area contributed by atoms with Crippen LogP contribution in [0.3, 0.4) is 0 Å². The summed E-state index contributed by atoms with van der Waals surface area (Å²) in [5.41, 5.74) is 3.15. The zero-order valence-electron chi connectivity index (χ0n) is 11.0. The van der Waals surface area contributed by atoms with E-state index in [1.165, 1.54) is 5.69 Å². The summed E-state index contributed by atoms with van der Waals surface area (Å²) in [6.07, 6.45) is 13.5. The molecule has 1 aromatic carbocycles. The maximum Gasteiger partial charge on any atom is 0.108 e. The highest BCUT2D eigenvalue weighted by atomic mass is 15.1. The number of benzene rings is 1. The number of H-pyrrole nitrogens is 1. The van der Waals surface area contributed by atoms with Crippen LogP contribution in [0.5, 0.6) is 0 Å². The molecule has 1 atom stereocenters. The molecule has 3 aromatic rings. The molecule has 2 heterocycles. The summed E-state index contributed by atoms with van der Waals surface area (Å²) < 4.78 is 2.26. The van der Waals surface area contributed by atoms with Crippen LogP contribution in [-0.2, 0) is 5.54 Å². The normalized spacial score (nSPS) is 21.6. The van der Waals surface area contributed by atoms with E-state index in [-0.39, 0.29) is 5.54 Å². The first kappa shape index (κ1) is 11.3. The SMILES string of the molecule is C1=CCC(c2ccc[nH]2)(n2cnc3ccccc32)C=C1. The number of hydrogen-bond donors (Lipinski definition) is 1. The lowest BCUT2D eigenvalue weighted by Crippen LogP contribution is -2.33. The van der Waals surface area contributed by atoms with Gasteiger partial charge in [0.05, 0.1) is 17.4 Å². The standard InChI is InChI=1S/C17H15N3/c1-4-10-17(11-5-1,16-9-6-12-18-16)20-13-19-14-7-2-3-8-15(14)20/h1-10,12-13,18H,11H2. The quantitative estimate of drug-likeness (QED) is 0.751. The van der Waals surface area contributed by atoms with Crippen LogP contribution in [0.4, 0.5) is 0 Å². The molecule has 4 rings (SSSR count). The van der Waals surface area contributed by atoms with Crippen molar-refractivity contribution in [3.63, 3.8) is 0 Å². The van der Waals surface area contributed by atoms with Gasteiger partial charge < -0.3 is 9.55 Å². The van der Waals surface area contributed by atoms with Gasteiger partial charge in [0.15, 0.2) is 0 Å². The average molecular weight is 261 g/mol. The molecule has 98 valence electrons. The Kier molecular flexibility index (Phi) is 2.39. The number of para-hydroxylation sites is 2. The van der Waals surface area contributed by atoms with Gasteiger partial charge in [-0.3, -0.25) is 0 Å². The lowest BCUT2D eigenvalue weighted by molar-refractivity contribution is 0.450. The largest absolute Gasteiger partial charge is 0.363 e. The van der Waals surface area contributed by atoms with Crippen LogP contribution in [0, 0.1) is 0 Å². The Labute approximate surface area is 117 Å². The Morgan fingerprint density at radius 2 is 2.05 bits per heavy atom. The minimum atomic E-state index is -0.214. The van der Waals surface area contributed by atoms with Gasteiger partial charge in [-0.15, -0.1) is 0 Å². The third-order valence-corrected chi connectivity index (χ3v) is 4.00. The highest BCUT2D eigenvalue weighted by Gasteiger charge is 2.33. The molecule has 1 aliphatic carbocycles. The summed E-state index contributed by atoms with van der Waals surface area (Å²) in [7, 11) is 0. The number of aromatic nitrogens is 3. The number of imidazole rings is 1. The van der Waals surface area contributed by atoms with Crippen LogP contribution in [0.1, 0.15) is 12.1 Å². The van der Waals surface area contributed by atoms with Gasteiger partial charge >= 0.3 is 0 Å². The number of fused-ring (bicyclic) bond motifs is 1. The molecule has 0 amide bonds. The fourth-order valence-corrected chi connectivity index (χ4v) is 2.99. The number of nitrogens with one attached hydrogen (secondary N) is 1. The van der Waals surface area contributed by atoms with Crippen molar-refractivity contribution in [3.05, 3.63) is 78.9 Å². The van der Waals surface area contributed by atoms with E-state index in [1.807, 2.05) is 24.7 Å². The van der Waals surface area contributed by atoms with Crippen LogP contribution in [-0.4, -0.2) is 14.5 Å². The first-order chi connectivity index (χ1) is 9.90. The molecule has 0 saturated heterocycles. The summed E-state index contributed by atoms with van der Waals surface area (Å²) in [5, 5.41) is 0. The highest BCUT2D eigenvalue weighted by molar-refractivity contribution is 5.76. The van der Waals surface area contributed by atoms with E-state index in [9.17, 15) is 0 Å². The number of allylic oxidation sites excluding steroid dienone is 4. The average Bonchev–Trinajstić information content (AvgIpc) is 3.18. The molecule has 0 fully saturated rings. The van der Waals surface area contributed by atoms with Crippen molar-refractivity contribution < 1.29 is 0 Å². The van der Waals surface area contributed by atoms with Crippen molar-refractivity contribution in [2.75, 3.05) is 0 Å². The minimum absolute atomic E-state index is 0.214. The summed E-state index contributed by atoms with van der Waals surface area (Å²) >= 11 is 0. The molecule has 0 saturated carbocycles. The smallest absolute Gasteiger partial charge is 0.108 e. The summed E-state index contributed by atoms with van der Waals surface area (Å²) in [6, 6.07) is 12.4. The Morgan fingerprint density at radius 3 is 2.85 bits per heavy atom. The highest BCUT2D eigenvalue weighted by Crippen LogP contribution is 2.35. The van der Waals surface area contributed by atoms with Gasteiger partial charge in [0.1, 0.15) is 5.54 Å². The van der Waals surface area contributed by atoms with E-state index in [4.69, 9.17) is 0 Å². The van der Waals surface area contributed by atoms with Gasteiger partial charge in [0.2, 0.25) is 0 Å². The van der Waals surface area contributed by atoms with Gasteiger partial charge in [-0.25, -0.2) is 4.98 Å². The fraction of sp³-hybridized carbons (Fsp3) is 0.118. The monoisotopic (exact) mass is 261 g/mol. The van der Waals surface area contributed by atoms with E-state index in [0.29, 0.717) is 0 Å². The van der Waals surface area contributed by atoms with Gasteiger partial charge in [0, 0.05) is 11.9 Å². The maximum absolute atomic E-state index is 4.54. The fourth-order valence-electron chi connectivity index (χ4n) is 2.99. The van der Waals surface area contributed by atoms with Gasteiger partial charge in [-0.05, 0) is 30.7 Å². The third kappa shape index (κ3) is 1.50. The van der Waals surface area contributed by atoms with Crippen molar-refractivity contribution in [2.24, 2.45) is 0 Å². The van der Waals surface area contributed by atoms with Crippen LogP contribution < -0.4 is 0 Å². The van der Waals surface area contributed by atoms with Crippen molar-refractivity contribution in [1.29, 1.82) is 0 Å². The molecule has 2 aromatic heterocycles. The molecule has 3 nitrogen and oxygen atoms in total. The zero-order valence-corrected chi connectivity index (χ0v) is 11.0. The second-order valence-corrected chi connectivity index (χ2v) is 5.10. The molecule has 1 N–H and O–H groups in total. The lowest BCUT2D eigenvalue weighted by atomic mass is 9.87. The van der Waals surface area contributed by atoms with Gasteiger partial charge in [0.25, 0.3) is 0 Å². The number of nitrogens with zero attached hydrogens (tertiary/aromatic N) is 2. The van der Waals surface area contributed by atoms with Crippen LogP contribution >= 0.6 is 0 Å². The number of rotatable bonds is 2. The zero-order chi connectivity index (χ0) is 13.4. The Hall–Kier alpha value is -2.55. The summed E-state index contributed by atoms with van der Waals surface area (Å²) in [4.78, 5) is 7.91. The first-order valence-electron chi connectivity index (χ1n) is 6.81. The maximum atomic E-state index is 4.54. The van der Waals surface area contributed by atoms with Crippen molar-refractivity contribution in [2.45, 2.75) is 12.0 Å². The Morgan fingerprint density at radius 1 is 1.10 bits per heavy atom. The Balaban J connectivity index is 2.00. The minimum Gasteiger partial charge on any atom is -0.363 e. The molecule has 20 heavy (non-hydrogen) atoms. The second-order valence-electron chi connectivity index (χ2n) is 5.10. The van der Waals surface area contributed by atoms with E-state index in [1.54, 1.807) is 0 Å². The van der Waals surface area contributed by atoms with E-state index >= 15 is 0 Å². The van der Waals surface area contributed by atoms with Crippen LogP contribution in [0.15, 0.2) is 73.2 Å². The number of hydrogen-bond acceptors (Lipinski definition) is 1. The van der Waals surface area contributed by atoms with Gasteiger partial charge in [-0.1, -0.05) is 36.4 Å². The van der Waals surface area contributed by atoms with Gasteiger partial charge in [-0.2, -0.15) is 0 Å². The van der Waals surface area contributed by atoms with Crippen molar-refractivity contribution in [3.8, 4) is 0 Å². The predicted octanol–water partition coefficient (Wildman–Crippen LogP) is 3.62. The van der Waals surface area contributed by atoms with E-state index in [0.717, 1.165) is 17.5 Å². The Bertz CT molecular complexity index is 793. The molecule has 1 unspecified atom stereocenters. The third-order valence-electron chi connectivity index (χ3n) is 4.00. The molecular formula is C17H15N3. The van der Waals surface area contributed by atoms with Crippen molar-refractivity contribution >= 4 is 11.0 Å². The first-order valence-corrected chi connectivity index (χ1v) is 6.81. The lowest BCUT2D eigenvalue weighted by Gasteiger charge is -2.32. The van der Waals surface area contributed by atoms with E-state index < -0.39 is 0 Å². The van der Waals surface area contributed by atoms with E-state index in [2.05, 4.69) is 63.1 Å². The topological polar surface area (TPSA) is 33.6 Å². The second kappa shape index (κ2) is 4.23. The predicted molar refractivity (Wildman–Crippen MR) is 80.5 cm³/mol. The molecule has 0 radical (unpaired) electrons. The summed E-state index contributed by atoms with van der Waals surface area (Å²) in [6.45, 7) is 0. The van der Waals surface area contributed by atoms with Crippen molar-refractivity contribution in [1.82, 2.24) is 14.5 Å².